The number of nitrogens with zero attached hydrogens (tertiary/aromatic N) is 2. The van der Waals surface area contributed by atoms with Gasteiger partial charge in [-0.2, -0.15) is 5.26 Å². The molecular weight excluding hydrogens is 496 g/mol. The highest BCUT2D eigenvalue weighted by Gasteiger charge is 2.29. The van der Waals surface area contributed by atoms with Crippen LogP contribution in [0.4, 0.5) is 5.69 Å². The number of nitriles is 1. The lowest BCUT2D eigenvalue weighted by Gasteiger charge is -2.32. The molecule has 0 unspecified atom stereocenters. The Labute approximate surface area is 228 Å². The van der Waals surface area contributed by atoms with Crippen LogP contribution in [0.15, 0.2) is 72.8 Å². The third-order valence-corrected chi connectivity index (χ3v) is 7.56. The summed E-state index contributed by atoms with van der Waals surface area (Å²) in [6.45, 7) is 3.21. The third-order valence-electron chi connectivity index (χ3n) is 7.32. The van der Waals surface area contributed by atoms with Crippen LogP contribution >= 0.6 is 11.6 Å². The minimum absolute atomic E-state index is 0.337. The van der Waals surface area contributed by atoms with Gasteiger partial charge in [-0.1, -0.05) is 60.5 Å². The van der Waals surface area contributed by atoms with E-state index in [2.05, 4.69) is 35.2 Å². The van der Waals surface area contributed by atoms with E-state index in [-0.39, 0.29) is 0 Å². The average molecular weight is 525 g/mol. The summed E-state index contributed by atoms with van der Waals surface area (Å²) in [7, 11) is 0. The normalized spacial score (nSPS) is 16.6. The quantitative estimate of drug-likeness (QED) is 0.268. The van der Waals surface area contributed by atoms with Crippen LogP contribution in [0.1, 0.15) is 47.1 Å². The van der Waals surface area contributed by atoms with Gasteiger partial charge in [-0.15, -0.1) is 0 Å². The fraction of sp³-hybridized carbons (Fsp3) is 0.250. The van der Waals surface area contributed by atoms with Gasteiger partial charge in [0.25, 0.3) is 0 Å². The zero-order chi connectivity index (χ0) is 26.5. The van der Waals surface area contributed by atoms with Gasteiger partial charge in [0.15, 0.2) is 0 Å². The van der Waals surface area contributed by atoms with Gasteiger partial charge < -0.3 is 14.7 Å². The number of ether oxygens (including phenoxy) is 1. The number of allylic oxidation sites excluding steroid dienone is 1. The summed E-state index contributed by atoms with van der Waals surface area (Å²) in [4.78, 5) is 13.3. The topological polar surface area (TPSA) is 73.6 Å². The molecule has 192 valence electrons. The molecule has 0 bridgehead atoms. The second-order valence-corrected chi connectivity index (χ2v) is 10.1. The Balaban J connectivity index is 1.67. The second kappa shape index (κ2) is 11.7. The van der Waals surface area contributed by atoms with Crippen molar-refractivity contribution in [2.24, 2.45) is 5.92 Å². The summed E-state index contributed by atoms with van der Waals surface area (Å²) >= 11 is 6.27. The van der Waals surface area contributed by atoms with Gasteiger partial charge in [-0.05, 0) is 82.5 Å². The fourth-order valence-corrected chi connectivity index (χ4v) is 5.34. The average Bonchev–Trinajstić information content (AvgIpc) is 2.92. The van der Waals surface area contributed by atoms with Crippen LogP contribution in [0, 0.1) is 17.2 Å². The largest absolute Gasteiger partial charge is 0.478 e. The summed E-state index contributed by atoms with van der Waals surface area (Å²) in [5, 5.41) is 19.6. The van der Waals surface area contributed by atoms with Crippen LogP contribution in [-0.2, 0) is 9.53 Å². The maximum atomic E-state index is 11.0. The molecular formula is C32H29ClN2O3. The van der Waals surface area contributed by atoms with Crippen LogP contribution in [0.5, 0.6) is 0 Å². The molecule has 0 spiro atoms. The Bertz CT molecular complexity index is 1410. The summed E-state index contributed by atoms with van der Waals surface area (Å²) in [6, 6.07) is 24.5. The first kappa shape index (κ1) is 25.8. The standard InChI is InChI=1S/C32H29ClN2O3/c33-27-11-14-29(26(20-27)21-34)32(23-2-1-3-23)31(24-7-4-22(5-8-24)6-15-30(36)37)25-9-12-28(13-10-25)35-16-18-38-19-17-35/h4-15,20,23H,1-3,16-19H2,(H,36,37)/b15-6+,32-31+. The number of anilines is 1. The molecule has 0 atom stereocenters. The molecule has 1 aliphatic heterocycles. The molecule has 0 aromatic heterocycles. The Morgan fingerprint density at radius 1 is 1.00 bits per heavy atom. The summed E-state index contributed by atoms with van der Waals surface area (Å²) < 4.78 is 5.51. The zero-order valence-corrected chi connectivity index (χ0v) is 21.8. The van der Waals surface area contributed by atoms with Gasteiger partial charge in [0.1, 0.15) is 0 Å². The van der Waals surface area contributed by atoms with Crippen molar-refractivity contribution in [1.82, 2.24) is 0 Å². The maximum Gasteiger partial charge on any atom is 0.328 e. The number of hydrogen-bond donors (Lipinski definition) is 1. The molecule has 6 heteroatoms. The van der Waals surface area contributed by atoms with Crippen molar-refractivity contribution in [2.45, 2.75) is 19.3 Å². The van der Waals surface area contributed by atoms with Gasteiger partial charge in [-0.25, -0.2) is 4.79 Å². The Morgan fingerprint density at radius 2 is 1.66 bits per heavy atom. The highest BCUT2D eigenvalue weighted by molar-refractivity contribution is 6.30. The Morgan fingerprint density at radius 3 is 2.24 bits per heavy atom. The number of morpholine rings is 1. The highest BCUT2D eigenvalue weighted by atomic mass is 35.5. The minimum atomic E-state index is -0.978. The van der Waals surface area contributed by atoms with E-state index in [1.807, 2.05) is 36.4 Å². The van der Waals surface area contributed by atoms with Crippen molar-refractivity contribution < 1.29 is 14.6 Å². The van der Waals surface area contributed by atoms with E-state index < -0.39 is 5.97 Å². The van der Waals surface area contributed by atoms with Crippen molar-refractivity contribution in [3.8, 4) is 6.07 Å². The third kappa shape index (κ3) is 5.67. The van der Waals surface area contributed by atoms with Crippen molar-refractivity contribution in [1.29, 1.82) is 5.26 Å². The molecule has 0 amide bonds. The lowest BCUT2D eigenvalue weighted by Crippen LogP contribution is -2.36. The second-order valence-electron chi connectivity index (χ2n) is 9.66. The maximum absolute atomic E-state index is 11.0. The predicted octanol–water partition coefficient (Wildman–Crippen LogP) is 6.91. The van der Waals surface area contributed by atoms with E-state index in [1.165, 1.54) is 5.69 Å². The molecule has 5 rings (SSSR count). The first-order valence-corrected chi connectivity index (χ1v) is 13.3. The first-order chi connectivity index (χ1) is 18.5. The monoisotopic (exact) mass is 524 g/mol. The Kier molecular flexibility index (Phi) is 7.93. The van der Waals surface area contributed by atoms with E-state index in [9.17, 15) is 10.1 Å². The minimum Gasteiger partial charge on any atom is -0.478 e. The van der Waals surface area contributed by atoms with Crippen LogP contribution in [0.2, 0.25) is 5.02 Å². The summed E-state index contributed by atoms with van der Waals surface area (Å²) in [5.74, 6) is -0.641. The van der Waals surface area contributed by atoms with Crippen molar-refractivity contribution >= 4 is 40.5 Å². The van der Waals surface area contributed by atoms with E-state index in [0.29, 0.717) is 16.5 Å². The van der Waals surface area contributed by atoms with Crippen molar-refractivity contribution in [3.63, 3.8) is 0 Å². The number of hydrogen-bond acceptors (Lipinski definition) is 4. The summed E-state index contributed by atoms with van der Waals surface area (Å²) in [6.07, 6.45) is 6.02. The predicted molar refractivity (Wildman–Crippen MR) is 152 cm³/mol. The Hall–Kier alpha value is -3.85. The van der Waals surface area contributed by atoms with E-state index in [4.69, 9.17) is 21.4 Å². The van der Waals surface area contributed by atoms with E-state index >= 15 is 0 Å². The molecule has 1 heterocycles. The highest BCUT2D eigenvalue weighted by Crippen LogP contribution is 2.46. The van der Waals surface area contributed by atoms with Gasteiger partial charge in [0.05, 0.1) is 24.8 Å². The van der Waals surface area contributed by atoms with E-state index in [0.717, 1.165) is 85.0 Å². The molecule has 38 heavy (non-hydrogen) atoms. The zero-order valence-electron chi connectivity index (χ0n) is 21.1. The van der Waals surface area contributed by atoms with Gasteiger partial charge in [0, 0.05) is 29.9 Å². The summed E-state index contributed by atoms with van der Waals surface area (Å²) in [5.41, 5.74) is 7.83. The lowest BCUT2D eigenvalue weighted by molar-refractivity contribution is -0.131. The van der Waals surface area contributed by atoms with Crippen molar-refractivity contribution in [3.05, 3.63) is 106 Å². The van der Waals surface area contributed by atoms with Gasteiger partial charge in [0.2, 0.25) is 0 Å². The first-order valence-electron chi connectivity index (χ1n) is 12.9. The van der Waals surface area contributed by atoms with Crippen LogP contribution < -0.4 is 4.90 Å². The van der Waals surface area contributed by atoms with Crippen LogP contribution in [0.25, 0.3) is 17.2 Å². The molecule has 1 N–H and O–H groups in total. The van der Waals surface area contributed by atoms with E-state index in [1.54, 1.807) is 12.1 Å². The smallest absolute Gasteiger partial charge is 0.328 e. The van der Waals surface area contributed by atoms with Crippen LogP contribution in [0.3, 0.4) is 0 Å². The van der Waals surface area contributed by atoms with Gasteiger partial charge in [-0.3, -0.25) is 0 Å². The molecule has 2 fully saturated rings. The molecule has 1 saturated carbocycles. The lowest BCUT2D eigenvalue weighted by atomic mass is 9.72. The number of benzene rings is 3. The molecule has 3 aromatic rings. The number of carbonyl (C=O) groups is 1. The molecule has 0 radical (unpaired) electrons. The number of halogens is 1. The molecule has 5 nitrogen and oxygen atoms in total. The number of carboxylic acids is 1. The van der Waals surface area contributed by atoms with Crippen molar-refractivity contribution in [2.75, 3.05) is 31.2 Å². The van der Waals surface area contributed by atoms with Crippen LogP contribution in [-0.4, -0.2) is 37.4 Å². The number of aliphatic carboxylic acids is 1. The SMILES string of the molecule is N#Cc1cc(Cl)ccc1/C(=C(\c1ccc(/C=C/C(=O)O)cc1)c1ccc(N2CCOCC2)cc1)C1CCC1. The molecule has 2 aliphatic rings. The molecule has 3 aromatic carbocycles. The fourth-order valence-electron chi connectivity index (χ4n) is 5.17. The number of carboxylic acid groups (broad SMARTS) is 1. The number of rotatable bonds is 7. The molecule has 1 saturated heterocycles. The molecule has 1 aliphatic carbocycles. The van der Waals surface area contributed by atoms with Gasteiger partial charge >= 0.3 is 5.97 Å².